The van der Waals surface area contributed by atoms with Crippen molar-refractivity contribution in [1.82, 2.24) is 0 Å². The Morgan fingerprint density at radius 2 is 2.42 bits per heavy atom. The van der Waals surface area contributed by atoms with Gasteiger partial charge in [0.2, 0.25) is 0 Å². The number of alkyl halides is 1. The normalized spacial score (nSPS) is 17.6. The molecule has 0 saturated carbocycles. The summed E-state index contributed by atoms with van der Waals surface area (Å²) in [5, 5.41) is 1.85. The van der Waals surface area contributed by atoms with E-state index in [-0.39, 0.29) is 0 Å². The van der Waals surface area contributed by atoms with Crippen molar-refractivity contribution in [3.63, 3.8) is 0 Å². The lowest BCUT2D eigenvalue weighted by Gasteiger charge is -2.35. The molecule has 2 rings (SSSR count). The van der Waals surface area contributed by atoms with Crippen LogP contribution in [0.15, 0.2) is 11.4 Å². The first kappa shape index (κ1) is 7.73. The minimum Gasteiger partial charge on any atom is -0.364 e. The van der Waals surface area contributed by atoms with Gasteiger partial charge in [-0.25, -0.2) is 4.39 Å². The summed E-state index contributed by atoms with van der Waals surface area (Å²) in [6.07, 6.45) is 0.107. The van der Waals surface area contributed by atoms with Crippen molar-refractivity contribution in [2.75, 3.05) is 18.0 Å². The van der Waals surface area contributed by atoms with Gasteiger partial charge in [-0.2, -0.15) is 0 Å². The third-order valence-corrected chi connectivity index (χ3v) is 2.79. The molecule has 0 radical (unpaired) electrons. The minimum absolute atomic E-state index is 0.428. The van der Waals surface area contributed by atoms with Crippen LogP contribution in [-0.2, 0) is 0 Å². The summed E-state index contributed by atoms with van der Waals surface area (Å²) in [6.45, 7) is 0.856. The summed E-state index contributed by atoms with van der Waals surface area (Å²) in [4.78, 5) is 13.1. The van der Waals surface area contributed by atoms with Crippen LogP contribution in [0, 0.1) is 0 Å². The molecular formula is C8H8FNOS. The van der Waals surface area contributed by atoms with Crippen molar-refractivity contribution >= 4 is 23.3 Å². The Labute approximate surface area is 73.6 Å². The second kappa shape index (κ2) is 2.86. The first-order valence-electron chi connectivity index (χ1n) is 3.73. The summed E-state index contributed by atoms with van der Waals surface area (Å²) < 4.78 is 12.5. The molecule has 0 N–H and O–H groups in total. The van der Waals surface area contributed by atoms with Gasteiger partial charge >= 0.3 is 0 Å². The largest absolute Gasteiger partial charge is 0.364 e. The quantitative estimate of drug-likeness (QED) is 0.654. The topological polar surface area (TPSA) is 20.3 Å². The summed E-state index contributed by atoms with van der Waals surface area (Å²) in [5.74, 6) is 0. The first-order valence-corrected chi connectivity index (χ1v) is 4.61. The standard InChI is InChI=1S/C8H8FNOS/c9-6-3-10(4-6)7-1-2-12-8(7)5-11/h1-2,5-6H,3-4H2. The van der Waals surface area contributed by atoms with Gasteiger partial charge in [0, 0.05) is 0 Å². The van der Waals surface area contributed by atoms with Crippen LogP contribution >= 0.6 is 11.3 Å². The van der Waals surface area contributed by atoms with E-state index >= 15 is 0 Å². The lowest BCUT2D eigenvalue weighted by Crippen LogP contribution is -2.48. The van der Waals surface area contributed by atoms with Crippen LogP contribution in [0.1, 0.15) is 9.67 Å². The van der Waals surface area contributed by atoms with Crippen molar-refractivity contribution in [2.24, 2.45) is 0 Å². The average Bonchev–Trinajstić information content (AvgIpc) is 2.45. The van der Waals surface area contributed by atoms with E-state index < -0.39 is 6.17 Å². The molecule has 1 aliphatic rings. The maximum atomic E-state index is 12.5. The molecule has 0 amide bonds. The number of halogens is 1. The second-order valence-corrected chi connectivity index (χ2v) is 3.74. The van der Waals surface area contributed by atoms with E-state index in [0.29, 0.717) is 18.0 Å². The fraction of sp³-hybridized carbons (Fsp3) is 0.375. The molecule has 4 heteroatoms. The van der Waals surface area contributed by atoms with E-state index in [9.17, 15) is 9.18 Å². The lowest BCUT2D eigenvalue weighted by atomic mass is 10.1. The number of carbonyl (C=O) groups excluding carboxylic acids is 1. The Morgan fingerprint density at radius 1 is 1.67 bits per heavy atom. The van der Waals surface area contributed by atoms with E-state index in [4.69, 9.17) is 0 Å². The van der Waals surface area contributed by atoms with Gasteiger partial charge in [0.25, 0.3) is 0 Å². The van der Waals surface area contributed by atoms with E-state index in [2.05, 4.69) is 0 Å². The van der Waals surface area contributed by atoms with Gasteiger partial charge in [-0.05, 0) is 11.4 Å². The van der Waals surface area contributed by atoms with Crippen LogP contribution in [-0.4, -0.2) is 25.5 Å². The predicted molar refractivity (Wildman–Crippen MR) is 46.8 cm³/mol. The highest BCUT2D eigenvalue weighted by molar-refractivity contribution is 7.12. The molecule has 2 nitrogen and oxygen atoms in total. The zero-order chi connectivity index (χ0) is 8.55. The molecule has 0 spiro atoms. The first-order chi connectivity index (χ1) is 5.81. The number of anilines is 1. The molecule has 0 aliphatic carbocycles. The second-order valence-electron chi connectivity index (χ2n) is 2.79. The van der Waals surface area contributed by atoms with Gasteiger partial charge in [-0.1, -0.05) is 0 Å². The zero-order valence-corrected chi connectivity index (χ0v) is 7.18. The van der Waals surface area contributed by atoms with Crippen molar-refractivity contribution < 1.29 is 9.18 Å². The van der Waals surface area contributed by atoms with Gasteiger partial charge in [0.05, 0.1) is 23.7 Å². The molecule has 1 saturated heterocycles. The lowest BCUT2D eigenvalue weighted by molar-refractivity contribution is 0.112. The molecule has 0 bridgehead atoms. The summed E-state index contributed by atoms with van der Waals surface area (Å²) >= 11 is 1.40. The molecule has 0 atom stereocenters. The van der Waals surface area contributed by atoms with E-state index in [1.807, 2.05) is 16.3 Å². The van der Waals surface area contributed by atoms with Crippen molar-refractivity contribution in [1.29, 1.82) is 0 Å². The van der Waals surface area contributed by atoms with E-state index in [0.717, 1.165) is 12.0 Å². The molecule has 1 aromatic rings. The van der Waals surface area contributed by atoms with Crippen LogP contribution in [0.25, 0.3) is 0 Å². The van der Waals surface area contributed by atoms with Crippen molar-refractivity contribution in [2.45, 2.75) is 6.17 Å². The van der Waals surface area contributed by atoms with Crippen LogP contribution in [0.3, 0.4) is 0 Å². The number of nitrogens with zero attached hydrogens (tertiary/aromatic N) is 1. The van der Waals surface area contributed by atoms with Crippen LogP contribution in [0.5, 0.6) is 0 Å². The van der Waals surface area contributed by atoms with Crippen LogP contribution in [0.2, 0.25) is 0 Å². The Hall–Kier alpha value is -0.900. The molecule has 64 valence electrons. The van der Waals surface area contributed by atoms with Crippen LogP contribution in [0.4, 0.5) is 10.1 Å². The minimum atomic E-state index is -0.718. The van der Waals surface area contributed by atoms with Gasteiger partial charge in [-0.3, -0.25) is 4.79 Å². The maximum absolute atomic E-state index is 12.5. The summed E-state index contributed by atoms with van der Waals surface area (Å²) in [7, 11) is 0. The average molecular weight is 185 g/mol. The highest BCUT2D eigenvalue weighted by Crippen LogP contribution is 2.28. The Bertz CT molecular complexity index is 293. The third kappa shape index (κ3) is 1.12. The molecule has 1 aromatic heterocycles. The molecule has 0 aromatic carbocycles. The molecule has 12 heavy (non-hydrogen) atoms. The number of hydrogen-bond donors (Lipinski definition) is 0. The monoisotopic (exact) mass is 185 g/mol. The highest BCUT2D eigenvalue weighted by Gasteiger charge is 2.28. The number of hydrogen-bond acceptors (Lipinski definition) is 3. The fourth-order valence-electron chi connectivity index (χ4n) is 1.29. The molecular weight excluding hydrogens is 177 g/mol. The molecule has 0 unspecified atom stereocenters. The summed E-state index contributed by atoms with van der Waals surface area (Å²) in [5.41, 5.74) is 0.879. The zero-order valence-electron chi connectivity index (χ0n) is 6.37. The van der Waals surface area contributed by atoms with E-state index in [1.165, 1.54) is 11.3 Å². The number of thiophene rings is 1. The molecule has 1 fully saturated rings. The fourth-order valence-corrected chi connectivity index (χ4v) is 2.00. The highest BCUT2D eigenvalue weighted by atomic mass is 32.1. The van der Waals surface area contributed by atoms with Gasteiger partial charge in [0.1, 0.15) is 6.17 Å². The van der Waals surface area contributed by atoms with Gasteiger partial charge in [0.15, 0.2) is 6.29 Å². The van der Waals surface area contributed by atoms with Gasteiger partial charge < -0.3 is 4.90 Å². The Morgan fingerprint density at radius 3 is 3.00 bits per heavy atom. The number of aldehydes is 1. The van der Waals surface area contributed by atoms with Crippen LogP contribution < -0.4 is 4.90 Å². The summed E-state index contributed by atoms with van der Waals surface area (Å²) in [6, 6.07) is 1.86. The Kier molecular flexibility index (Phi) is 1.84. The van der Waals surface area contributed by atoms with Gasteiger partial charge in [-0.15, -0.1) is 11.3 Å². The third-order valence-electron chi connectivity index (χ3n) is 1.96. The Balaban J connectivity index is 2.17. The molecule has 2 heterocycles. The van der Waals surface area contributed by atoms with Crippen molar-refractivity contribution in [3.05, 3.63) is 16.3 Å². The predicted octanol–water partition coefficient (Wildman–Crippen LogP) is 1.72. The van der Waals surface area contributed by atoms with Crippen molar-refractivity contribution in [3.8, 4) is 0 Å². The smallest absolute Gasteiger partial charge is 0.162 e. The SMILES string of the molecule is O=Cc1sccc1N1CC(F)C1. The number of carbonyl (C=O) groups is 1. The van der Waals surface area contributed by atoms with E-state index in [1.54, 1.807) is 0 Å². The molecule has 1 aliphatic heterocycles. The maximum Gasteiger partial charge on any atom is 0.162 e. The number of rotatable bonds is 2.